The summed E-state index contributed by atoms with van der Waals surface area (Å²) >= 11 is 5.85. The molecule has 0 aromatic heterocycles. The normalized spacial score (nSPS) is 12.2. The third-order valence-electron chi connectivity index (χ3n) is 1.98. The molecule has 0 aliphatic rings. The van der Waals surface area contributed by atoms with E-state index in [9.17, 15) is 4.79 Å². The molecule has 0 aliphatic heterocycles. The molecule has 4 nitrogen and oxygen atoms in total. The Hall–Kier alpha value is -1.26. The summed E-state index contributed by atoms with van der Waals surface area (Å²) in [6, 6.07) is 3.78. The van der Waals surface area contributed by atoms with E-state index in [1.165, 1.54) is 19.2 Å². The minimum atomic E-state index is -0.739. The van der Waals surface area contributed by atoms with Crippen molar-refractivity contribution < 1.29 is 14.6 Å². The molecule has 1 aromatic carbocycles. The van der Waals surface area contributed by atoms with Gasteiger partial charge in [-0.2, -0.15) is 0 Å². The smallest absolute Gasteiger partial charge is 0.322 e. The van der Waals surface area contributed by atoms with Crippen LogP contribution in [0.4, 0.5) is 0 Å². The molecule has 0 bridgehead atoms. The number of aromatic hydroxyl groups is 1. The fourth-order valence-corrected chi connectivity index (χ4v) is 1.43. The van der Waals surface area contributed by atoms with Crippen molar-refractivity contribution >= 4 is 17.6 Å². The van der Waals surface area contributed by atoms with E-state index in [-0.39, 0.29) is 12.2 Å². The lowest BCUT2D eigenvalue weighted by atomic mass is 10.1. The third-order valence-corrected chi connectivity index (χ3v) is 2.33. The zero-order chi connectivity index (χ0) is 11.4. The third kappa shape index (κ3) is 3.11. The molecule has 0 amide bonds. The van der Waals surface area contributed by atoms with Gasteiger partial charge in [-0.25, -0.2) is 0 Å². The lowest BCUT2D eigenvalue weighted by Gasteiger charge is -2.10. The van der Waals surface area contributed by atoms with Crippen molar-refractivity contribution in [3.8, 4) is 5.75 Å². The maximum absolute atomic E-state index is 11.1. The number of phenolic OH excluding ortho intramolecular Hbond substituents is 1. The van der Waals surface area contributed by atoms with Gasteiger partial charge in [-0.15, -0.1) is 0 Å². The predicted octanol–water partition coefficient (Wildman–Crippen LogP) is 1.09. The van der Waals surface area contributed by atoms with E-state index in [1.54, 1.807) is 6.07 Å². The van der Waals surface area contributed by atoms with Crippen LogP contribution in [0, 0.1) is 0 Å². The van der Waals surface area contributed by atoms with Crippen molar-refractivity contribution in [1.29, 1.82) is 0 Å². The Morgan fingerprint density at radius 3 is 2.87 bits per heavy atom. The molecular formula is C10H12ClNO3. The number of hydrogen-bond acceptors (Lipinski definition) is 4. The standard InChI is InChI=1S/C10H12ClNO3/c1-15-10(14)9(12)4-6-2-3-7(13)5-8(6)11/h2-3,5,9,13H,4,12H2,1H3. The molecule has 1 aromatic rings. The van der Waals surface area contributed by atoms with Crippen molar-refractivity contribution in [1.82, 2.24) is 0 Å². The van der Waals surface area contributed by atoms with Crippen LogP contribution in [0.3, 0.4) is 0 Å². The van der Waals surface area contributed by atoms with E-state index in [1.807, 2.05) is 0 Å². The summed E-state index contributed by atoms with van der Waals surface area (Å²) in [6.07, 6.45) is 0.284. The van der Waals surface area contributed by atoms with E-state index in [2.05, 4.69) is 4.74 Å². The quantitative estimate of drug-likeness (QED) is 0.761. The zero-order valence-corrected chi connectivity index (χ0v) is 8.99. The number of carbonyl (C=O) groups is 1. The van der Waals surface area contributed by atoms with E-state index >= 15 is 0 Å². The van der Waals surface area contributed by atoms with Crippen LogP contribution in [-0.2, 0) is 16.0 Å². The maximum Gasteiger partial charge on any atom is 0.322 e. The summed E-state index contributed by atoms with van der Waals surface area (Å²) in [5.41, 5.74) is 6.27. The molecule has 5 heteroatoms. The number of halogens is 1. The first-order valence-electron chi connectivity index (χ1n) is 4.35. The van der Waals surface area contributed by atoms with E-state index < -0.39 is 12.0 Å². The molecule has 0 fully saturated rings. The second kappa shape index (κ2) is 5.00. The first-order chi connectivity index (χ1) is 7.04. The van der Waals surface area contributed by atoms with Gasteiger partial charge in [0, 0.05) is 5.02 Å². The van der Waals surface area contributed by atoms with Crippen LogP contribution in [0.25, 0.3) is 0 Å². The van der Waals surface area contributed by atoms with Crippen LogP contribution in [-0.4, -0.2) is 24.2 Å². The van der Waals surface area contributed by atoms with E-state index in [0.717, 1.165) is 0 Å². The van der Waals surface area contributed by atoms with Gasteiger partial charge in [0.2, 0.25) is 0 Å². The first-order valence-corrected chi connectivity index (χ1v) is 4.73. The monoisotopic (exact) mass is 229 g/mol. The predicted molar refractivity (Wildman–Crippen MR) is 56.8 cm³/mol. The molecule has 0 radical (unpaired) electrons. The fourth-order valence-electron chi connectivity index (χ4n) is 1.17. The number of benzene rings is 1. The number of methoxy groups -OCH3 is 1. The highest BCUT2D eigenvalue weighted by Gasteiger charge is 2.15. The van der Waals surface area contributed by atoms with Gasteiger partial charge in [-0.1, -0.05) is 17.7 Å². The fraction of sp³-hybridized carbons (Fsp3) is 0.300. The summed E-state index contributed by atoms with van der Waals surface area (Å²) in [5.74, 6) is -0.408. The van der Waals surface area contributed by atoms with Crippen molar-refractivity contribution in [2.45, 2.75) is 12.5 Å². The molecule has 3 N–H and O–H groups in total. The lowest BCUT2D eigenvalue weighted by molar-refractivity contribution is -0.142. The van der Waals surface area contributed by atoms with Crippen LogP contribution in [0.1, 0.15) is 5.56 Å². The van der Waals surface area contributed by atoms with E-state index in [4.69, 9.17) is 22.4 Å². The second-order valence-corrected chi connectivity index (χ2v) is 3.52. The number of esters is 1. The largest absolute Gasteiger partial charge is 0.508 e. The van der Waals surface area contributed by atoms with Gasteiger partial charge < -0.3 is 15.6 Å². The Morgan fingerprint density at radius 1 is 1.67 bits per heavy atom. The second-order valence-electron chi connectivity index (χ2n) is 3.11. The number of nitrogens with two attached hydrogens (primary N) is 1. The summed E-state index contributed by atoms with van der Waals surface area (Å²) in [7, 11) is 1.28. The van der Waals surface area contributed by atoms with Crippen molar-refractivity contribution in [3.05, 3.63) is 28.8 Å². The minimum Gasteiger partial charge on any atom is -0.508 e. The van der Waals surface area contributed by atoms with Crippen molar-refractivity contribution in [3.63, 3.8) is 0 Å². The SMILES string of the molecule is COC(=O)C(N)Cc1ccc(O)cc1Cl. The molecule has 82 valence electrons. The van der Waals surface area contributed by atoms with Gasteiger partial charge in [-0.3, -0.25) is 4.79 Å². The highest BCUT2D eigenvalue weighted by atomic mass is 35.5. The molecule has 0 spiro atoms. The number of ether oxygens (including phenoxy) is 1. The van der Waals surface area contributed by atoms with Gasteiger partial charge in [0.15, 0.2) is 0 Å². The first kappa shape index (κ1) is 11.8. The van der Waals surface area contributed by atoms with Gasteiger partial charge in [0.25, 0.3) is 0 Å². The Kier molecular flexibility index (Phi) is 3.94. The Balaban J connectivity index is 2.76. The average Bonchev–Trinajstić information content (AvgIpc) is 2.20. The molecule has 0 aliphatic carbocycles. The molecule has 0 saturated carbocycles. The summed E-state index contributed by atoms with van der Waals surface area (Å²) < 4.78 is 4.49. The van der Waals surface area contributed by atoms with Crippen molar-refractivity contribution in [2.75, 3.05) is 7.11 Å². The van der Waals surface area contributed by atoms with Crippen molar-refractivity contribution in [2.24, 2.45) is 5.73 Å². The number of carbonyl (C=O) groups excluding carboxylic acids is 1. The van der Waals surface area contributed by atoms with Gasteiger partial charge in [-0.05, 0) is 24.1 Å². The van der Waals surface area contributed by atoms with Gasteiger partial charge >= 0.3 is 5.97 Å². The molecule has 1 atom stereocenters. The van der Waals surface area contributed by atoms with Gasteiger partial charge in [0.05, 0.1) is 7.11 Å². The number of rotatable bonds is 3. The Labute approximate surface area is 92.6 Å². The molecule has 0 heterocycles. The minimum absolute atomic E-state index is 0.0791. The summed E-state index contributed by atoms with van der Waals surface area (Å²) in [6.45, 7) is 0. The zero-order valence-electron chi connectivity index (χ0n) is 8.24. The number of hydrogen-bond donors (Lipinski definition) is 2. The maximum atomic E-state index is 11.1. The summed E-state index contributed by atoms with van der Waals surface area (Å²) in [5, 5.41) is 9.50. The molecule has 0 saturated heterocycles. The lowest BCUT2D eigenvalue weighted by Crippen LogP contribution is -2.33. The number of phenols is 1. The Bertz CT molecular complexity index is 368. The van der Waals surface area contributed by atoms with Crippen LogP contribution >= 0.6 is 11.6 Å². The highest BCUT2D eigenvalue weighted by Crippen LogP contribution is 2.22. The summed E-state index contributed by atoms with van der Waals surface area (Å²) in [4.78, 5) is 11.1. The van der Waals surface area contributed by atoms with Gasteiger partial charge in [0.1, 0.15) is 11.8 Å². The molecule has 15 heavy (non-hydrogen) atoms. The average molecular weight is 230 g/mol. The topological polar surface area (TPSA) is 72.5 Å². The van der Waals surface area contributed by atoms with Crippen LogP contribution in [0.15, 0.2) is 18.2 Å². The molecule has 1 rings (SSSR count). The van der Waals surface area contributed by atoms with Crippen LogP contribution in [0.5, 0.6) is 5.75 Å². The Morgan fingerprint density at radius 2 is 2.33 bits per heavy atom. The molecule has 1 unspecified atom stereocenters. The van der Waals surface area contributed by atoms with E-state index in [0.29, 0.717) is 10.6 Å². The van der Waals surface area contributed by atoms with Crippen LogP contribution in [0.2, 0.25) is 5.02 Å². The highest BCUT2D eigenvalue weighted by molar-refractivity contribution is 6.31. The van der Waals surface area contributed by atoms with Crippen LogP contribution < -0.4 is 5.73 Å². The molecular weight excluding hydrogens is 218 g/mol.